The van der Waals surface area contributed by atoms with Crippen molar-refractivity contribution in [3.63, 3.8) is 0 Å². The Morgan fingerprint density at radius 3 is 2.77 bits per heavy atom. The molecular weight excluding hydrogens is 336 g/mol. The van der Waals surface area contributed by atoms with Crippen molar-refractivity contribution in [1.82, 2.24) is 20.3 Å². The molecule has 26 heavy (non-hydrogen) atoms. The Kier molecular flexibility index (Phi) is 5.01. The summed E-state index contributed by atoms with van der Waals surface area (Å²) in [7, 11) is 1.56. The van der Waals surface area contributed by atoms with Crippen molar-refractivity contribution >= 4 is 18.2 Å². The molecule has 8 nitrogen and oxygen atoms in total. The fraction of sp³-hybridized carbons (Fsp3) is 0.333. The zero-order chi connectivity index (χ0) is 18.7. The lowest BCUT2D eigenvalue weighted by molar-refractivity contribution is -0.120. The number of nitrogens with zero attached hydrogens (tertiary/aromatic N) is 3. The van der Waals surface area contributed by atoms with Gasteiger partial charge in [0, 0.05) is 38.3 Å². The van der Waals surface area contributed by atoms with Crippen LogP contribution in [0.5, 0.6) is 0 Å². The van der Waals surface area contributed by atoms with Crippen LogP contribution in [-0.2, 0) is 4.79 Å². The number of amides is 3. The van der Waals surface area contributed by atoms with E-state index in [2.05, 4.69) is 10.5 Å². The number of nitrogens with one attached hydrogen (secondary N) is 1. The lowest BCUT2D eigenvalue weighted by Gasteiger charge is -2.40. The first-order valence-electron chi connectivity index (χ1n) is 8.29. The highest BCUT2D eigenvalue weighted by atomic mass is 16.5. The SMILES string of the molecule is CNC(=O)c1cccc([C@H]2CN(C=O)CCN2C(=O)c2cc(C)on2)c1. The van der Waals surface area contributed by atoms with E-state index in [1.54, 1.807) is 48.0 Å². The monoisotopic (exact) mass is 356 g/mol. The van der Waals surface area contributed by atoms with Gasteiger partial charge in [0.2, 0.25) is 6.41 Å². The van der Waals surface area contributed by atoms with Gasteiger partial charge in [0.15, 0.2) is 5.69 Å². The topological polar surface area (TPSA) is 95.8 Å². The Labute approximate surface area is 150 Å². The van der Waals surface area contributed by atoms with Crippen LogP contribution < -0.4 is 5.32 Å². The molecule has 3 amide bonds. The van der Waals surface area contributed by atoms with Gasteiger partial charge in [-0.05, 0) is 24.6 Å². The first-order valence-corrected chi connectivity index (χ1v) is 8.29. The van der Waals surface area contributed by atoms with Gasteiger partial charge >= 0.3 is 0 Å². The van der Waals surface area contributed by atoms with Crippen LogP contribution in [0.4, 0.5) is 0 Å². The Balaban J connectivity index is 1.94. The van der Waals surface area contributed by atoms with E-state index >= 15 is 0 Å². The molecule has 3 rings (SSSR count). The summed E-state index contributed by atoms with van der Waals surface area (Å²) >= 11 is 0. The van der Waals surface area contributed by atoms with Crippen LogP contribution in [0.1, 0.15) is 38.2 Å². The Bertz CT molecular complexity index is 832. The van der Waals surface area contributed by atoms with Crippen molar-refractivity contribution in [2.75, 3.05) is 26.7 Å². The van der Waals surface area contributed by atoms with E-state index in [1.165, 1.54) is 0 Å². The second-order valence-electron chi connectivity index (χ2n) is 6.14. The Hall–Kier alpha value is -3.16. The fourth-order valence-electron chi connectivity index (χ4n) is 3.07. The van der Waals surface area contributed by atoms with E-state index < -0.39 is 0 Å². The number of hydrogen-bond acceptors (Lipinski definition) is 5. The number of benzene rings is 1. The molecule has 0 radical (unpaired) electrons. The molecule has 1 aliphatic rings. The summed E-state index contributed by atoms with van der Waals surface area (Å²) < 4.78 is 5.01. The predicted octanol–water partition coefficient (Wildman–Crippen LogP) is 0.998. The zero-order valence-electron chi connectivity index (χ0n) is 14.6. The maximum absolute atomic E-state index is 12.9. The number of carbonyl (C=O) groups is 3. The summed E-state index contributed by atoms with van der Waals surface area (Å²) in [4.78, 5) is 39.3. The van der Waals surface area contributed by atoms with Gasteiger partial charge < -0.3 is 19.6 Å². The van der Waals surface area contributed by atoms with Gasteiger partial charge in [0.25, 0.3) is 11.8 Å². The van der Waals surface area contributed by atoms with E-state index in [-0.39, 0.29) is 23.6 Å². The van der Waals surface area contributed by atoms with Gasteiger partial charge in [-0.3, -0.25) is 14.4 Å². The Morgan fingerprint density at radius 2 is 2.12 bits per heavy atom. The standard InChI is InChI=1S/C18H20N4O4/c1-12-8-15(20-26-12)18(25)22-7-6-21(11-23)10-16(22)13-4-3-5-14(9-13)17(24)19-2/h3-5,8-9,11,16H,6-7,10H2,1-2H3,(H,19,24)/t16-/m1/s1. The van der Waals surface area contributed by atoms with Crippen LogP contribution in [-0.4, -0.2) is 59.9 Å². The smallest absolute Gasteiger partial charge is 0.276 e. The van der Waals surface area contributed by atoms with E-state index in [0.717, 1.165) is 12.0 Å². The third kappa shape index (κ3) is 3.44. The molecule has 136 valence electrons. The second-order valence-corrected chi connectivity index (χ2v) is 6.14. The molecule has 1 saturated heterocycles. The van der Waals surface area contributed by atoms with Crippen LogP contribution in [0.3, 0.4) is 0 Å². The van der Waals surface area contributed by atoms with Crippen LogP contribution in [0, 0.1) is 6.92 Å². The minimum Gasteiger partial charge on any atom is -0.361 e. The third-order valence-electron chi connectivity index (χ3n) is 4.43. The summed E-state index contributed by atoms with van der Waals surface area (Å²) in [6.07, 6.45) is 0.775. The van der Waals surface area contributed by atoms with Gasteiger partial charge in [-0.25, -0.2) is 0 Å². The molecule has 0 bridgehead atoms. The fourth-order valence-corrected chi connectivity index (χ4v) is 3.07. The van der Waals surface area contributed by atoms with Gasteiger partial charge in [0.05, 0.1) is 6.04 Å². The number of piperazine rings is 1. The Morgan fingerprint density at radius 1 is 1.31 bits per heavy atom. The van der Waals surface area contributed by atoms with Crippen molar-refractivity contribution in [1.29, 1.82) is 0 Å². The molecule has 1 atom stereocenters. The van der Waals surface area contributed by atoms with Crippen molar-refractivity contribution in [3.05, 3.63) is 52.9 Å². The third-order valence-corrected chi connectivity index (χ3v) is 4.43. The number of aryl methyl sites for hydroxylation is 1. The summed E-state index contributed by atoms with van der Waals surface area (Å²) in [5, 5.41) is 6.39. The van der Waals surface area contributed by atoms with Crippen LogP contribution >= 0.6 is 0 Å². The van der Waals surface area contributed by atoms with Crippen LogP contribution in [0.15, 0.2) is 34.9 Å². The summed E-state index contributed by atoms with van der Waals surface area (Å²) in [6, 6.07) is 8.28. The highest BCUT2D eigenvalue weighted by Crippen LogP contribution is 2.27. The molecule has 2 aromatic rings. The normalized spacial score (nSPS) is 17.1. The molecule has 1 aromatic heterocycles. The first kappa shape index (κ1) is 17.7. The van der Waals surface area contributed by atoms with Crippen LogP contribution in [0.25, 0.3) is 0 Å². The molecule has 1 aliphatic heterocycles. The highest BCUT2D eigenvalue weighted by molar-refractivity contribution is 5.94. The van der Waals surface area contributed by atoms with Crippen molar-refractivity contribution in [2.45, 2.75) is 13.0 Å². The summed E-state index contributed by atoms with van der Waals surface area (Å²) in [5.41, 5.74) is 1.51. The lowest BCUT2D eigenvalue weighted by Crippen LogP contribution is -2.50. The minimum atomic E-state index is -0.372. The van der Waals surface area contributed by atoms with E-state index in [4.69, 9.17) is 4.52 Å². The molecule has 1 aromatic carbocycles. The first-order chi connectivity index (χ1) is 12.5. The summed E-state index contributed by atoms with van der Waals surface area (Å²) in [5.74, 6) is 0.0840. The number of hydrogen-bond donors (Lipinski definition) is 1. The molecule has 0 saturated carbocycles. The quantitative estimate of drug-likeness (QED) is 0.825. The van der Waals surface area contributed by atoms with Crippen molar-refractivity contribution in [3.8, 4) is 0 Å². The average Bonchev–Trinajstić information content (AvgIpc) is 3.12. The van der Waals surface area contributed by atoms with Crippen molar-refractivity contribution < 1.29 is 18.9 Å². The zero-order valence-corrected chi connectivity index (χ0v) is 14.6. The number of rotatable bonds is 4. The van der Waals surface area contributed by atoms with Gasteiger partial charge in [0.1, 0.15) is 5.76 Å². The number of aromatic nitrogens is 1. The average molecular weight is 356 g/mol. The second kappa shape index (κ2) is 7.38. The molecule has 1 fully saturated rings. The minimum absolute atomic E-state index is 0.208. The largest absolute Gasteiger partial charge is 0.361 e. The summed E-state index contributed by atoms with van der Waals surface area (Å²) in [6.45, 7) is 2.89. The molecule has 0 spiro atoms. The van der Waals surface area contributed by atoms with Gasteiger partial charge in [-0.1, -0.05) is 17.3 Å². The van der Waals surface area contributed by atoms with Crippen molar-refractivity contribution in [2.24, 2.45) is 0 Å². The maximum atomic E-state index is 12.9. The predicted molar refractivity (Wildman–Crippen MR) is 92.5 cm³/mol. The van der Waals surface area contributed by atoms with E-state index in [0.29, 0.717) is 31.0 Å². The lowest BCUT2D eigenvalue weighted by atomic mass is 9.99. The van der Waals surface area contributed by atoms with Gasteiger partial charge in [-0.2, -0.15) is 0 Å². The van der Waals surface area contributed by atoms with E-state index in [9.17, 15) is 14.4 Å². The molecule has 2 heterocycles. The van der Waals surface area contributed by atoms with Gasteiger partial charge in [-0.15, -0.1) is 0 Å². The van der Waals surface area contributed by atoms with E-state index in [1.807, 2.05) is 6.07 Å². The molecule has 0 aliphatic carbocycles. The highest BCUT2D eigenvalue weighted by Gasteiger charge is 2.33. The molecule has 1 N–H and O–H groups in total. The number of carbonyl (C=O) groups excluding carboxylic acids is 3. The molecular formula is C18H20N4O4. The maximum Gasteiger partial charge on any atom is 0.276 e. The molecule has 0 unspecified atom stereocenters. The molecule has 8 heteroatoms. The van der Waals surface area contributed by atoms with Crippen LogP contribution in [0.2, 0.25) is 0 Å².